The lowest BCUT2D eigenvalue weighted by atomic mass is 9.80. The molecule has 0 aliphatic carbocycles. The summed E-state index contributed by atoms with van der Waals surface area (Å²) in [6.07, 6.45) is 0.601. The molecule has 2 aliphatic heterocycles. The van der Waals surface area contributed by atoms with Gasteiger partial charge in [-0.2, -0.15) is 0 Å². The molecule has 0 saturated carbocycles. The number of carbonyl (C=O) groups excluding carboxylic acids is 2. The molecule has 1 aromatic rings. The van der Waals surface area contributed by atoms with Crippen molar-refractivity contribution in [2.45, 2.75) is 51.4 Å². The zero-order valence-corrected chi connectivity index (χ0v) is 16.3. The fraction of sp³-hybridized carbons (Fsp3) is 0.600. The second-order valence-corrected chi connectivity index (χ2v) is 8.15. The van der Waals surface area contributed by atoms with Crippen LogP contribution in [-0.2, 0) is 24.5 Å². The van der Waals surface area contributed by atoms with Crippen molar-refractivity contribution in [1.29, 1.82) is 0 Å². The molecule has 1 aromatic carbocycles. The van der Waals surface area contributed by atoms with E-state index in [0.717, 1.165) is 11.1 Å². The van der Waals surface area contributed by atoms with E-state index in [0.29, 0.717) is 13.0 Å². The van der Waals surface area contributed by atoms with E-state index in [1.54, 1.807) is 24.2 Å². The molecule has 2 unspecified atom stereocenters. The van der Waals surface area contributed by atoms with Crippen LogP contribution >= 0.6 is 0 Å². The largest absolute Gasteiger partial charge is 0.350 e. The van der Waals surface area contributed by atoms with E-state index in [1.807, 2.05) is 38.1 Å². The van der Waals surface area contributed by atoms with E-state index >= 15 is 0 Å². The molecule has 148 valence electrons. The summed E-state index contributed by atoms with van der Waals surface area (Å²) >= 11 is 0. The highest BCUT2D eigenvalue weighted by Crippen LogP contribution is 2.38. The minimum atomic E-state index is -0.842. The van der Waals surface area contributed by atoms with Gasteiger partial charge in [0.05, 0.1) is 18.6 Å². The Morgan fingerprint density at radius 1 is 1.22 bits per heavy atom. The van der Waals surface area contributed by atoms with Crippen LogP contribution in [0.1, 0.15) is 38.3 Å². The molecular weight excluding hydrogens is 348 g/mol. The molecule has 2 fully saturated rings. The normalized spacial score (nSPS) is 26.9. The van der Waals surface area contributed by atoms with Crippen molar-refractivity contribution in [3.8, 4) is 0 Å². The Labute approximate surface area is 159 Å². The topological polar surface area (TPSA) is 88.1 Å². The van der Waals surface area contributed by atoms with Gasteiger partial charge in [-0.3, -0.25) is 14.8 Å². The Kier molecular flexibility index (Phi) is 5.29. The molecule has 2 N–H and O–H groups in total. The number of rotatable bonds is 4. The molecule has 2 heterocycles. The second kappa shape index (κ2) is 7.22. The molecule has 7 heteroatoms. The van der Waals surface area contributed by atoms with Gasteiger partial charge in [0.25, 0.3) is 5.91 Å². The first-order valence-corrected chi connectivity index (χ1v) is 9.28. The van der Waals surface area contributed by atoms with Crippen LogP contribution in [0.15, 0.2) is 24.3 Å². The SMILES string of the molecule is Cc1ccc(C2(C)CCN(C(C(=O)NO)C3COC(C)(C)OC3)C2=O)cc1. The zero-order chi connectivity index (χ0) is 19.8. The Balaban J connectivity index is 1.85. The summed E-state index contributed by atoms with van der Waals surface area (Å²) in [5.41, 5.74) is 3.07. The summed E-state index contributed by atoms with van der Waals surface area (Å²) in [7, 11) is 0. The lowest BCUT2D eigenvalue weighted by Crippen LogP contribution is -2.57. The molecule has 0 bridgehead atoms. The highest BCUT2D eigenvalue weighted by molar-refractivity contribution is 5.94. The summed E-state index contributed by atoms with van der Waals surface area (Å²) < 4.78 is 11.4. The van der Waals surface area contributed by atoms with Gasteiger partial charge in [0.1, 0.15) is 6.04 Å². The fourth-order valence-electron chi connectivity index (χ4n) is 3.89. The van der Waals surface area contributed by atoms with Crippen LogP contribution in [0.5, 0.6) is 0 Å². The number of hydrogen-bond acceptors (Lipinski definition) is 5. The Morgan fingerprint density at radius 2 is 1.81 bits per heavy atom. The Hall–Kier alpha value is -1.96. The van der Waals surface area contributed by atoms with Crippen molar-refractivity contribution in [2.75, 3.05) is 19.8 Å². The number of nitrogens with one attached hydrogen (secondary N) is 1. The van der Waals surface area contributed by atoms with E-state index in [9.17, 15) is 14.8 Å². The van der Waals surface area contributed by atoms with E-state index in [4.69, 9.17) is 9.47 Å². The third-order valence-electron chi connectivity index (χ3n) is 5.73. The van der Waals surface area contributed by atoms with Crippen LogP contribution < -0.4 is 5.48 Å². The van der Waals surface area contributed by atoms with Crippen LogP contribution in [-0.4, -0.2) is 53.5 Å². The average Bonchev–Trinajstić information content (AvgIpc) is 2.93. The van der Waals surface area contributed by atoms with Gasteiger partial charge in [-0.1, -0.05) is 29.8 Å². The van der Waals surface area contributed by atoms with Gasteiger partial charge >= 0.3 is 0 Å². The first kappa shape index (κ1) is 19.8. The Bertz CT molecular complexity index is 708. The maximum absolute atomic E-state index is 13.3. The van der Waals surface area contributed by atoms with Crippen molar-refractivity contribution in [3.63, 3.8) is 0 Å². The molecule has 0 spiro atoms. The van der Waals surface area contributed by atoms with Gasteiger partial charge in [0.15, 0.2) is 5.79 Å². The van der Waals surface area contributed by atoms with Crippen LogP contribution in [0.4, 0.5) is 0 Å². The predicted molar refractivity (Wildman–Crippen MR) is 98.1 cm³/mol. The highest BCUT2D eigenvalue weighted by Gasteiger charge is 2.50. The number of hydroxylamine groups is 1. The van der Waals surface area contributed by atoms with Gasteiger partial charge in [-0.15, -0.1) is 0 Å². The van der Waals surface area contributed by atoms with Gasteiger partial charge in [0, 0.05) is 12.5 Å². The van der Waals surface area contributed by atoms with Crippen LogP contribution in [0.25, 0.3) is 0 Å². The quantitative estimate of drug-likeness (QED) is 0.618. The van der Waals surface area contributed by atoms with E-state index in [2.05, 4.69) is 0 Å². The third-order valence-corrected chi connectivity index (χ3v) is 5.73. The highest BCUT2D eigenvalue weighted by atomic mass is 16.7. The summed E-state index contributed by atoms with van der Waals surface area (Å²) in [4.78, 5) is 27.3. The molecule has 0 radical (unpaired) electrons. The number of aryl methyl sites for hydroxylation is 1. The molecular formula is C20H28N2O5. The lowest BCUT2D eigenvalue weighted by molar-refractivity contribution is -0.267. The van der Waals surface area contributed by atoms with Crippen LogP contribution in [0.2, 0.25) is 0 Å². The minimum absolute atomic E-state index is 0.121. The van der Waals surface area contributed by atoms with Crippen molar-refractivity contribution >= 4 is 11.8 Å². The standard InChI is InChI=1S/C20H28N2O5/c1-13-5-7-15(8-6-13)20(4)9-10-22(18(20)24)16(17(23)21-25)14-11-26-19(2,3)27-12-14/h5-8,14,16,25H,9-12H2,1-4H3,(H,21,23). The van der Waals surface area contributed by atoms with Crippen molar-refractivity contribution < 1.29 is 24.3 Å². The monoisotopic (exact) mass is 376 g/mol. The second-order valence-electron chi connectivity index (χ2n) is 8.15. The summed E-state index contributed by atoms with van der Waals surface area (Å²) in [6.45, 7) is 8.50. The number of benzene rings is 1. The van der Waals surface area contributed by atoms with Crippen LogP contribution in [0, 0.1) is 12.8 Å². The smallest absolute Gasteiger partial charge is 0.266 e. The van der Waals surface area contributed by atoms with E-state index in [1.165, 1.54) is 0 Å². The third kappa shape index (κ3) is 3.72. The van der Waals surface area contributed by atoms with Gasteiger partial charge < -0.3 is 14.4 Å². The van der Waals surface area contributed by atoms with Crippen LogP contribution in [0.3, 0.4) is 0 Å². The maximum atomic E-state index is 13.3. The summed E-state index contributed by atoms with van der Waals surface area (Å²) in [6, 6.07) is 7.06. The number of hydrogen-bond donors (Lipinski definition) is 2. The summed E-state index contributed by atoms with van der Waals surface area (Å²) in [5, 5.41) is 9.24. The molecule has 2 aliphatic rings. The van der Waals surface area contributed by atoms with Crippen molar-refractivity contribution in [3.05, 3.63) is 35.4 Å². The first-order valence-electron chi connectivity index (χ1n) is 9.28. The molecule has 2 amide bonds. The maximum Gasteiger partial charge on any atom is 0.266 e. The van der Waals surface area contributed by atoms with Gasteiger partial charge in [0.2, 0.25) is 5.91 Å². The van der Waals surface area contributed by atoms with Gasteiger partial charge in [-0.25, -0.2) is 5.48 Å². The van der Waals surface area contributed by atoms with E-state index in [-0.39, 0.29) is 25.0 Å². The molecule has 3 rings (SSSR count). The molecule has 27 heavy (non-hydrogen) atoms. The fourth-order valence-corrected chi connectivity index (χ4v) is 3.89. The summed E-state index contributed by atoms with van der Waals surface area (Å²) in [5.74, 6) is -1.81. The number of amides is 2. The van der Waals surface area contributed by atoms with E-state index < -0.39 is 23.2 Å². The van der Waals surface area contributed by atoms with Crippen molar-refractivity contribution in [2.24, 2.45) is 5.92 Å². The average molecular weight is 376 g/mol. The zero-order valence-electron chi connectivity index (χ0n) is 16.3. The Morgan fingerprint density at radius 3 is 2.37 bits per heavy atom. The number of likely N-dealkylation sites (tertiary alicyclic amines) is 1. The number of nitrogens with zero attached hydrogens (tertiary/aromatic N) is 1. The first-order chi connectivity index (χ1) is 12.7. The molecule has 0 aromatic heterocycles. The number of ether oxygens (including phenoxy) is 2. The molecule has 2 saturated heterocycles. The molecule has 2 atom stereocenters. The minimum Gasteiger partial charge on any atom is -0.350 e. The predicted octanol–water partition coefficient (Wildman–Crippen LogP) is 1.76. The lowest BCUT2D eigenvalue weighted by Gasteiger charge is -2.40. The van der Waals surface area contributed by atoms with Crippen molar-refractivity contribution in [1.82, 2.24) is 10.4 Å². The van der Waals surface area contributed by atoms with Gasteiger partial charge in [-0.05, 0) is 39.7 Å². The number of carbonyl (C=O) groups is 2. The molecule has 7 nitrogen and oxygen atoms in total.